The molecule has 0 fully saturated rings. The molecule has 39 heteroatoms. The minimum Gasteiger partial charge on any atom is -0.490 e. The Hall–Kier alpha value is -7.02. The van der Waals surface area contributed by atoms with Gasteiger partial charge in [0.2, 0.25) is 0 Å². The number of carbonyl (C=O) groups is 3. The Morgan fingerprint density at radius 1 is 0.286 bits per heavy atom. The van der Waals surface area contributed by atoms with Gasteiger partial charge < -0.3 is 43.7 Å². The van der Waals surface area contributed by atoms with Gasteiger partial charge in [-0.05, 0) is 88.0 Å². The lowest BCUT2D eigenvalue weighted by Crippen LogP contribution is -2.60. The van der Waals surface area contributed by atoms with E-state index in [4.69, 9.17) is 28.4 Å². The standard InChI is InChI=1S/C45H33F27O12/c46-34(47,37(52,53)40(58,59)43(64,65)66)4-1-7-79-25-10-19-22(13-28(25)82-16-31(73)74)20-11-26(80-8-2-5-35(48,49)38(54,55)41(60,61)44(67,68)69)30(84-18-33(77)78)15-24(20)21-12-27(29(14-23(19)21)83-17-32(75)76)81-9-3-6-36(50,51)39(56,57)42(62,63)45(70,71)72/h10-15H,1-9,16-18H2,(H,73,74)(H,75,76)(H,77,78). The van der Waals surface area contributed by atoms with Gasteiger partial charge in [-0.25, -0.2) is 14.4 Å². The summed E-state index contributed by atoms with van der Waals surface area (Å²) in [5, 5.41) is 25.2. The Kier molecular flexibility index (Phi) is 19.7. The Labute approximate surface area is 447 Å². The first kappa shape index (κ1) is 69.5. The normalized spacial score (nSPS) is 14.0. The number of rotatable bonds is 30. The highest BCUT2D eigenvalue weighted by molar-refractivity contribution is 6.27. The van der Waals surface area contributed by atoms with E-state index in [0.29, 0.717) is 36.4 Å². The first-order valence-electron chi connectivity index (χ1n) is 22.4. The van der Waals surface area contributed by atoms with Crippen LogP contribution >= 0.6 is 0 Å². The molecule has 0 unspecified atom stereocenters. The fourth-order valence-corrected chi connectivity index (χ4v) is 7.24. The van der Waals surface area contributed by atoms with Crippen molar-refractivity contribution < 1.29 is 177 Å². The summed E-state index contributed by atoms with van der Waals surface area (Å²) >= 11 is 0. The third kappa shape index (κ3) is 13.7. The largest absolute Gasteiger partial charge is 0.490 e. The van der Waals surface area contributed by atoms with E-state index in [1.54, 1.807) is 0 Å². The lowest BCUT2D eigenvalue weighted by atomic mass is 9.93. The van der Waals surface area contributed by atoms with Crippen molar-refractivity contribution in [2.24, 2.45) is 0 Å². The molecule has 3 N–H and O–H groups in total. The first-order chi connectivity index (χ1) is 37.8. The number of ether oxygens (including phenoxy) is 6. The summed E-state index contributed by atoms with van der Waals surface area (Å²) in [6, 6.07) is 4.05. The van der Waals surface area contributed by atoms with Crippen LogP contribution in [0.25, 0.3) is 32.3 Å². The van der Waals surface area contributed by atoms with E-state index < -0.39 is 235 Å². The molecule has 0 aromatic heterocycles. The molecule has 4 aromatic carbocycles. The minimum atomic E-state index is -7.34. The van der Waals surface area contributed by atoms with Crippen molar-refractivity contribution in [3.63, 3.8) is 0 Å². The van der Waals surface area contributed by atoms with Gasteiger partial charge in [0.1, 0.15) is 0 Å². The van der Waals surface area contributed by atoms with Gasteiger partial charge in [-0.3, -0.25) is 0 Å². The molecular weight excluding hydrogens is 1250 g/mol. The van der Waals surface area contributed by atoms with Crippen LogP contribution in [0.15, 0.2) is 36.4 Å². The van der Waals surface area contributed by atoms with Crippen LogP contribution in [0.4, 0.5) is 119 Å². The number of carboxylic acid groups (broad SMARTS) is 3. The maximum Gasteiger partial charge on any atom is 0.460 e. The van der Waals surface area contributed by atoms with Gasteiger partial charge in [-0.1, -0.05) is 0 Å². The molecule has 4 rings (SSSR count). The molecule has 0 aliphatic carbocycles. The van der Waals surface area contributed by atoms with Crippen molar-refractivity contribution in [3.05, 3.63) is 36.4 Å². The van der Waals surface area contributed by atoms with E-state index in [9.17, 15) is 148 Å². The topological polar surface area (TPSA) is 167 Å². The number of benzene rings is 4. The van der Waals surface area contributed by atoms with Gasteiger partial charge in [-0.2, -0.15) is 119 Å². The third-order valence-electron chi connectivity index (χ3n) is 11.5. The predicted octanol–water partition coefficient (Wildman–Crippen LogP) is 14.4. The second-order valence-electron chi connectivity index (χ2n) is 17.5. The average Bonchev–Trinajstić information content (AvgIpc) is 1.15. The molecule has 0 atom stereocenters. The smallest absolute Gasteiger partial charge is 0.460 e. The lowest BCUT2D eigenvalue weighted by Gasteiger charge is -2.33. The van der Waals surface area contributed by atoms with Crippen molar-refractivity contribution in [1.82, 2.24) is 0 Å². The summed E-state index contributed by atoms with van der Waals surface area (Å²) in [7, 11) is 0. The molecule has 0 radical (unpaired) electrons. The van der Waals surface area contributed by atoms with Crippen LogP contribution < -0.4 is 28.4 Å². The molecule has 0 aliphatic heterocycles. The zero-order chi connectivity index (χ0) is 64.6. The fourth-order valence-electron chi connectivity index (χ4n) is 7.24. The van der Waals surface area contributed by atoms with Crippen LogP contribution in [0.1, 0.15) is 38.5 Å². The highest BCUT2D eigenvalue weighted by Gasteiger charge is 2.83. The molecule has 0 saturated carbocycles. The number of carboxylic acids is 3. The van der Waals surface area contributed by atoms with E-state index in [-0.39, 0.29) is 0 Å². The quantitative estimate of drug-likeness (QED) is 0.0257. The van der Waals surface area contributed by atoms with Crippen molar-refractivity contribution in [2.45, 2.75) is 110 Å². The van der Waals surface area contributed by atoms with E-state index in [1.165, 1.54) is 0 Å². The van der Waals surface area contributed by atoms with E-state index in [1.807, 2.05) is 0 Å². The predicted molar refractivity (Wildman–Crippen MR) is 225 cm³/mol. The molecule has 474 valence electrons. The SMILES string of the molecule is O=C(O)COc1cc2c(cc1OCCCC(F)(F)C(F)(F)C(F)(F)C(F)(F)F)c1cc(OCC(=O)O)c(OCCCC(F)(F)C(F)(F)C(F)(F)C(F)(F)F)cc1c1cc(OCC(=O)O)c(OCCCC(F)(F)C(F)(F)C(F)(F)C(F)(F)F)cc21. The number of hydrogen-bond acceptors (Lipinski definition) is 9. The van der Waals surface area contributed by atoms with Crippen molar-refractivity contribution in [3.8, 4) is 34.5 Å². The monoisotopic (exact) mass is 1280 g/mol. The Balaban J connectivity index is 2.01. The molecule has 4 aromatic rings. The minimum absolute atomic E-state index is 0.474. The third-order valence-corrected chi connectivity index (χ3v) is 11.5. The first-order valence-corrected chi connectivity index (χ1v) is 22.4. The number of aliphatic carboxylic acids is 3. The lowest BCUT2D eigenvalue weighted by molar-refractivity contribution is -0.396. The number of alkyl halides is 27. The maximum atomic E-state index is 14.4. The van der Waals surface area contributed by atoms with E-state index in [2.05, 4.69) is 0 Å². The Morgan fingerprint density at radius 2 is 0.452 bits per heavy atom. The molecular formula is C45H33F27O12. The fraction of sp³-hybridized carbons (Fsp3) is 0.533. The zero-order valence-electron chi connectivity index (χ0n) is 40.7. The van der Waals surface area contributed by atoms with Gasteiger partial charge in [0, 0.05) is 19.3 Å². The van der Waals surface area contributed by atoms with Crippen molar-refractivity contribution in [2.75, 3.05) is 39.6 Å². The maximum absolute atomic E-state index is 14.4. The van der Waals surface area contributed by atoms with Gasteiger partial charge >= 0.3 is 89.7 Å². The van der Waals surface area contributed by atoms with Gasteiger partial charge in [0.25, 0.3) is 0 Å². The summed E-state index contributed by atoms with van der Waals surface area (Å²) in [4.78, 5) is 34.8. The Bertz CT molecular complexity index is 2700. The summed E-state index contributed by atoms with van der Waals surface area (Å²) in [6.45, 7) is -8.58. The highest BCUT2D eigenvalue weighted by Crippen LogP contribution is 2.58. The van der Waals surface area contributed by atoms with Crippen LogP contribution in [0.2, 0.25) is 0 Å². The molecule has 0 spiro atoms. The number of hydrogen-bond donors (Lipinski definition) is 3. The van der Waals surface area contributed by atoms with Crippen molar-refractivity contribution >= 4 is 50.2 Å². The Morgan fingerprint density at radius 3 is 0.607 bits per heavy atom. The molecule has 0 amide bonds. The molecule has 0 saturated heterocycles. The second kappa shape index (κ2) is 23.8. The molecule has 12 nitrogen and oxygen atoms in total. The van der Waals surface area contributed by atoms with Gasteiger partial charge in [-0.15, -0.1) is 0 Å². The molecule has 0 aliphatic rings. The zero-order valence-corrected chi connectivity index (χ0v) is 40.7. The summed E-state index contributed by atoms with van der Waals surface area (Å²) in [6.07, 6.45) is -34.0. The summed E-state index contributed by atoms with van der Waals surface area (Å²) in [5.41, 5.74) is 0. The van der Waals surface area contributed by atoms with Gasteiger partial charge in [0.05, 0.1) is 19.8 Å². The highest BCUT2D eigenvalue weighted by atomic mass is 19.4. The molecule has 84 heavy (non-hydrogen) atoms. The van der Waals surface area contributed by atoms with Crippen molar-refractivity contribution in [1.29, 1.82) is 0 Å². The number of fused-ring (bicyclic) bond motifs is 6. The molecule has 0 bridgehead atoms. The number of halogens is 27. The van der Waals surface area contributed by atoms with Crippen LogP contribution in [0.3, 0.4) is 0 Å². The van der Waals surface area contributed by atoms with E-state index in [0.717, 1.165) is 0 Å². The van der Waals surface area contributed by atoms with Gasteiger partial charge in [0.15, 0.2) is 54.3 Å². The van der Waals surface area contributed by atoms with E-state index >= 15 is 0 Å². The summed E-state index contributed by atoms with van der Waals surface area (Å²) < 4.78 is 398. The summed E-state index contributed by atoms with van der Waals surface area (Å²) in [5.74, 6) is -73.0. The molecule has 0 heterocycles. The second-order valence-corrected chi connectivity index (χ2v) is 17.5. The van der Waals surface area contributed by atoms with Crippen LogP contribution in [-0.2, 0) is 14.4 Å². The van der Waals surface area contributed by atoms with Crippen LogP contribution in [-0.4, -0.2) is 145 Å². The average molecular weight is 1280 g/mol. The van der Waals surface area contributed by atoms with Crippen LogP contribution in [0.5, 0.6) is 34.5 Å². The van der Waals surface area contributed by atoms with Crippen LogP contribution in [0, 0.1) is 0 Å².